The summed E-state index contributed by atoms with van der Waals surface area (Å²) in [6.45, 7) is 10.1. The minimum atomic E-state index is -3.77. The van der Waals surface area contributed by atoms with Crippen molar-refractivity contribution in [2.45, 2.75) is 405 Å². The molecule has 0 unspecified atom stereocenters. The van der Waals surface area contributed by atoms with Gasteiger partial charge in [-0.2, -0.15) is 17.2 Å². The molecule has 8 rings (SSSR count). The monoisotopic (exact) mass is 1900 g/mol. The van der Waals surface area contributed by atoms with Crippen LogP contribution in [0.3, 0.4) is 0 Å². The number of sulfonamides is 4. The van der Waals surface area contributed by atoms with Crippen LogP contribution in [0.4, 0.5) is 0 Å². The minimum absolute atomic E-state index is 0. The molecule has 4 aromatic carbocycles. The molecule has 2 radical (unpaired) electrons. The first-order chi connectivity index (χ1) is 55.9. The Morgan fingerprint density at radius 2 is 0.398 bits per heavy atom. The Balaban J connectivity index is 0.000000404. The van der Waals surface area contributed by atoms with Crippen LogP contribution in [-0.4, -0.2) is 146 Å². The summed E-state index contributed by atoms with van der Waals surface area (Å²) in [6, 6.07) is 24.6. The van der Waals surface area contributed by atoms with Gasteiger partial charge in [0.15, 0.2) is 0 Å². The predicted molar refractivity (Wildman–Crippen MR) is 466 cm³/mol. The number of aliphatic carboxylic acids is 4. The van der Waals surface area contributed by atoms with E-state index in [-0.39, 0.29) is 84.7 Å². The van der Waals surface area contributed by atoms with Crippen molar-refractivity contribution in [1.82, 2.24) is 17.2 Å². The largest absolute Gasteiger partial charge is 0.480 e. The molecule has 118 heavy (non-hydrogen) atoms. The van der Waals surface area contributed by atoms with E-state index < -0.39 is 88.1 Å². The number of benzene rings is 4. The number of aryl methyl sites for hydroxylation is 4. The fourth-order valence-corrected chi connectivity index (χ4v) is 24.3. The molecule has 674 valence electrons. The maximum Gasteiger partial charge on any atom is 0.322 e. The van der Waals surface area contributed by atoms with Crippen LogP contribution < -0.4 is 0 Å². The number of unbranched alkanes of at least 4 members (excludes halogenated alkanes) is 36. The first kappa shape index (κ1) is 108. The van der Waals surface area contributed by atoms with Crippen LogP contribution >= 0.6 is 0 Å². The van der Waals surface area contributed by atoms with Crippen molar-refractivity contribution < 1.29 is 112 Å². The van der Waals surface area contributed by atoms with Crippen molar-refractivity contribution in [3.8, 4) is 0 Å². The Kier molecular flexibility index (Phi) is 55.8. The molecular formula is C92H148N4O16Rh2S4. The fraction of sp³-hybridized carbons (Fsp3) is 0.696. The van der Waals surface area contributed by atoms with E-state index in [9.17, 15) is 73.3 Å². The maximum atomic E-state index is 13.1. The second kappa shape index (κ2) is 61.1. The quantitative estimate of drug-likeness (QED) is 0.0236. The second-order valence-corrected chi connectivity index (χ2v) is 40.0. The van der Waals surface area contributed by atoms with Crippen molar-refractivity contribution in [3.63, 3.8) is 0 Å². The first-order valence-electron chi connectivity index (χ1n) is 45.2. The van der Waals surface area contributed by atoms with Crippen molar-refractivity contribution in [1.29, 1.82) is 0 Å². The number of carboxylic acid groups (broad SMARTS) is 4. The molecule has 4 aliphatic heterocycles. The molecule has 0 aromatic heterocycles. The molecule has 0 aliphatic carbocycles. The Labute approximate surface area is 738 Å². The Hall–Kier alpha value is -4.35. The van der Waals surface area contributed by atoms with E-state index in [1.54, 1.807) is 48.5 Å². The predicted octanol–water partition coefficient (Wildman–Crippen LogP) is 21.5. The standard InChI is InChI=1S/4C23H37NO4S.2Rh/c4*1-2-3-4-5-6-7-8-9-10-11-15-20-16-12-13-18-22(20)29(27,28)24-19-14-17-21(24)23(25)26;;/h4*12-13,16,18,21H,2-11,14-15,17,19H2,1H3,(H,25,26);;/t4*21-;;/m0000../s1. The number of rotatable bonds is 56. The topological polar surface area (TPSA) is 299 Å². The van der Waals surface area contributed by atoms with Crippen LogP contribution in [0.1, 0.15) is 358 Å². The van der Waals surface area contributed by atoms with Gasteiger partial charge in [0.1, 0.15) is 24.2 Å². The SMILES string of the molecule is CCCCCCCCCCCCc1ccccc1S(=O)(=O)N1CCC[C@H]1C(=O)O.CCCCCCCCCCCCc1ccccc1S(=O)(=O)N1CCC[C@H]1C(=O)O.CCCCCCCCCCCCc1ccccc1S(=O)(=O)N1CCC[C@H]1C(=O)O.CCCCCCCCCCCCc1ccccc1S(=O)(=O)N1CCC[C@H]1C(=O)O.[Rh].[Rh]. The summed E-state index contributed by atoms with van der Waals surface area (Å²) in [7, 11) is -15.1. The Morgan fingerprint density at radius 3 is 0.551 bits per heavy atom. The number of carbonyl (C=O) groups is 4. The summed E-state index contributed by atoms with van der Waals surface area (Å²) < 4.78 is 110. The van der Waals surface area contributed by atoms with E-state index in [2.05, 4.69) is 27.7 Å². The molecule has 0 amide bonds. The van der Waals surface area contributed by atoms with Crippen LogP contribution in [0.15, 0.2) is 117 Å². The van der Waals surface area contributed by atoms with Gasteiger partial charge in [0, 0.05) is 65.1 Å². The molecule has 4 aromatic rings. The molecule has 0 spiro atoms. The van der Waals surface area contributed by atoms with Crippen molar-refractivity contribution in [2.24, 2.45) is 0 Å². The van der Waals surface area contributed by atoms with Gasteiger partial charge in [0.2, 0.25) is 40.1 Å². The van der Waals surface area contributed by atoms with Gasteiger partial charge in [-0.25, -0.2) is 33.7 Å². The molecular weight excluding hydrogens is 1750 g/mol. The number of carboxylic acids is 4. The van der Waals surface area contributed by atoms with E-state index in [4.69, 9.17) is 0 Å². The van der Waals surface area contributed by atoms with E-state index >= 15 is 0 Å². The fourth-order valence-electron chi connectivity index (χ4n) is 16.7. The summed E-state index contributed by atoms with van der Waals surface area (Å²) in [5.74, 6) is -4.23. The van der Waals surface area contributed by atoms with Crippen molar-refractivity contribution in [2.75, 3.05) is 26.2 Å². The van der Waals surface area contributed by atoms with Crippen molar-refractivity contribution >= 4 is 64.0 Å². The van der Waals surface area contributed by atoms with Gasteiger partial charge in [-0.15, -0.1) is 0 Å². The zero-order valence-corrected chi connectivity index (χ0v) is 78.5. The summed E-state index contributed by atoms with van der Waals surface area (Å²) in [5, 5.41) is 37.4. The molecule has 4 N–H and O–H groups in total. The van der Waals surface area contributed by atoms with E-state index in [1.807, 2.05) is 48.5 Å². The van der Waals surface area contributed by atoms with Crippen molar-refractivity contribution in [3.05, 3.63) is 119 Å². The molecule has 26 heteroatoms. The van der Waals surface area contributed by atoms with Crippen LogP contribution in [0.2, 0.25) is 0 Å². The van der Waals surface area contributed by atoms with Crippen LogP contribution in [-0.2, 0) is 124 Å². The average molecular weight is 1900 g/mol. The molecule has 0 bridgehead atoms. The first-order valence-corrected chi connectivity index (χ1v) is 51.0. The van der Waals surface area contributed by atoms with E-state index in [0.717, 1.165) is 99.3 Å². The molecule has 0 saturated carbocycles. The van der Waals surface area contributed by atoms with Gasteiger partial charge in [0.25, 0.3) is 0 Å². The minimum Gasteiger partial charge on any atom is -0.480 e. The number of hydrogen-bond acceptors (Lipinski definition) is 12. The molecule has 20 nitrogen and oxygen atoms in total. The Bertz CT molecular complexity index is 3450. The number of nitrogens with zero attached hydrogens (tertiary/aromatic N) is 4. The summed E-state index contributed by atoms with van der Waals surface area (Å²) >= 11 is 0. The van der Waals surface area contributed by atoms with E-state index in [1.165, 1.54) is 223 Å². The summed E-state index contributed by atoms with van der Waals surface area (Å²) in [5.41, 5.74) is 3.23. The third-order valence-electron chi connectivity index (χ3n) is 23.4. The number of hydrogen-bond donors (Lipinski definition) is 4. The molecule has 4 aliphatic rings. The third-order valence-corrected chi connectivity index (χ3v) is 31.4. The summed E-state index contributed by atoms with van der Waals surface area (Å²) in [6.07, 6.45) is 56.5. The van der Waals surface area contributed by atoms with Gasteiger partial charge in [0.05, 0.1) is 19.6 Å². The summed E-state index contributed by atoms with van der Waals surface area (Å²) in [4.78, 5) is 46.9. The maximum absolute atomic E-state index is 13.1. The van der Waals surface area contributed by atoms with Gasteiger partial charge in [-0.05, 0) is 149 Å². The van der Waals surface area contributed by atoms with Crippen LogP contribution in [0.25, 0.3) is 0 Å². The normalized spacial score (nSPS) is 17.3. The molecule has 4 fully saturated rings. The second-order valence-electron chi connectivity index (χ2n) is 32.6. The van der Waals surface area contributed by atoms with Gasteiger partial charge < -0.3 is 20.4 Å². The third kappa shape index (κ3) is 37.2. The molecule has 4 atom stereocenters. The zero-order valence-electron chi connectivity index (χ0n) is 71.9. The van der Waals surface area contributed by atoms with Gasteiger partial charge in [-0.1, -0.05) is 332 Å². The molecule has 4 heterocycles. The average Bonchev–Trinajstić information content (AvgIpc) is 1.65. The smallest absolute Gasteiger partial charge is 0.322 e. The molecule has 4 saturated heterocycles. The van der Waals surface area contributed by atoms with Gasteiger partial charge in [-0.3, -0.25) is 19.2 Å². The zero-order chi connectivity index (χ0) is 84.5. The van der Waals surface area contributed by atoms with Crippen LogP contribution in [0, 0.1) is 0 Å². The Morgan fingerprint density at radius 1 is 0.254 bits per heavy atom. The van der Waals surface area contributed by atoms with E-state index in [0.29, 0.717) is 51.4 Å². The van der Waals surface area contributed by atoms with Crippen LogP contribution in [0.5, 0.6) is 0 Å². The van der Waals surface area contributed by atoms with Gasteiger partial charge >= 0.3 is 23.9 Å².